The summed E-state index contributed by atoms with van der Waals surface area (Å²) in [6, 6.07) is 1.47. The Morgan fingerprint density at radius 2 is 2.07 bits per heavy atom. The van der Waals surface area contributed by atoms with Crippen molar-refractivity contribution >= 4 is 0 Å². The second-order valence-corrected chi connectivity index (χ2v) is 4.95. The van der Waals surface area contributed by atoms with E-state index in [1.807, 2.05) is 0 Å². The molecule has 1 saturated carbocycles. The van der Waals surface area contributed by atoms with E-state index in [1.54, 1.807) is 0 Å². The summed E-state index contributed by atoms with van der Waals surface area (Å²) in [7, 11) is 4.34. The van der Waals surface area contributed by atoms with E-state index in [1.165, 1.54) is 32.2 Å². The molecular formula is C12H26N2. The molecule has 2 heteroatoms. The number of rotatable bonds is 5. The molecule has 2 unspecified atom stereocenters. The molecule has 2 atom stereocenters. The maximum atomic E-state index is 3.45. The molecule has 0 saturated heterocycles. The van der Waals surface area contributed by atoms with Crippen molar-refractivity contribution in [3.63, 3.8) is 0 Å². The predicted octanol–water partition coefficient (Wildman–Crippen LogP) is 2.10. The lowest BCUT2D eigenvalue weighted by Gasteiger charge is -2.25. The van der Waals surface area contributed by atoms with Crippen LogP contribution in [-0.4, -0.2) is 37.6 Å². The van der Waals surface area contributed by atoms with E-state index in [2.05, 4.69) is 38.2 Å². The van der Waals surface area contributed by atoms with Gasteiger partial charge in [0, 0.05) is 12.1 Å². The highest BCUT2D eigenvalue weighted by Crippen LogP contribution is 2.28. The monoisotopic (exact) mass is 198 g/mol. The maximum absolute atomic E-state index is 3.45. The Balaban J connectivity index is 2.23. The summed E-state index contributed by atoms with van der Waals surface area (Å²) in [5, 5.41) is 3.45. The van der Waals surface area contributed by atoms with Gasteiger partial charge >= 0.3 is 0 Å². The zero-order valence-corrected chi connectivity index (χ0v) is 10.2. The molecule has 0 amide bonds. The summed E-state index contributed by atoms with van der Waals surface area (Å²) in [6.07, 6.45) is 5.59. The third-order valence-electron chi connectivity index (χ3n) is 3.76. The zero-order valence-electron chi connectivity index (χ0n) is 10.2. The van der Waals surface area contributed by atoms with Crippen molar-refractivity contribution in [2.75, 3.05) is 20.6 Å². The molecule has 1 N–H and O–H groups in total. The molecule has 2 nitrogen and oxygen atoms in total. The lowest BCUT2D eigenvalue weighted by molar-refractivity contribution is 0.242. The molecule has 14 heavy (non-hydrogen) atoms. The number of hydrogen-bond acceptors (Lipinski definition) is 2. The highest BCUT2D eigenvalue weighted by atomic mass is 15.1. The van der Waals surface area contributed by atoms with Crippen molar-refractivity contribution in [3.05, 3.63) is 0 Å². The first kappa shape index (κ1) is 12.0. The second kappa shape index (κ2) is 5.72. The fourth-order valence-electron chi connectivity index (χ4n) is 2.39. The fourth-order valence-corrected chi connectivity index (χ4v) is 2.39. The molecular weight excluding hydrogens is 172 g/mol. The van der Waals surface area contributed by atoms with Gasteiger partial charge in [0.05, 0.1) is 0 Å². The third-order valence-corrected chi connectivity index (χ3v) is 3.76. The van der Waals surface area contributed by atoms with Crippen LogP contribution in [0.15, 0.2) is 0 Å². The largest absolute Gasteiger partial charge is 0.317 e. The first-order valence-corrected chi connectivity index (χ1v) is 6.02. The van der Waals surface area contributed by atoms with E-state index >= 15 is 0 Å². The van der Waals surface area contributed by atoms with Gasteiger partial charge in [-0.2, -0.15) is 0 Å². The third kappa shape index (κ3) is 3.25. The van der Waals surface area contributed by atoms with Crippen LogP contribution in [0.2, 0.25) is 0 Å². The Morgan fingerprint density at radius 1 is 1.36 bits per heavy atom. The highest BCUT2D eigenvalue weighted by Gasteiger charge is 2.25. The van der Waals surface area contributed by atoms with Crippen molar-refractivity contribution in [2.24, 2.45) is 5.92 Å². The minimum absolute atomic E-state index is 0.685. The minimum atomic E-state index is 0.685. The smallest absolute Gasteiger partial charge is 0.00928 e. The predicted molar refractivity (Wildman–Crippen MR) is 62.6 cm³/mol. The van der Waals surface area contributed by atoms with E-state index in [0.29, 0.717) is 6.04 Å². The van der Waals surface area contributed by atoms with Gasteiger partial charge in [-0.25, -0.2) is 0 Å². The van der Waals surface area contributed by atoms with Gasteiger partial charge in [0.15, 0.2) is 0 Å². The van der Waals surface area contributed by atoms with E-state index in [4.69, 9.17) is 0 Å². The van der Waals surface area contributed by atoms with Gasteiger partial charge in [0.25, 0.3) is 0 Å². The minimum Gasteiger partial charge on any atom is -0.317 e. The maximum Gasteiger partial charge on any atom is 0.00928 e. The van der Waals surface area contributed by atoms with Crippen molar-refractivity contribution < 1.29 is 0 Å². The van der Waals surface area contributed by atoms with Crippen LogP contribution in [-0.2, 0) is 0 Å². The van der Waals surface area contributed by atoms with E-state index in [0.717, 1.165) is 12.0 Å². The van der Waals surface area contributed by atoms with Crippen molar-refractivity contribution in [3.8, 4) is 0 Å². The molecule has 1 aliphatic rings. The topological polar surface area (TPSA) is 15.3 Å². The first-order valence-electron chi connectivity index (χ1n) is 6.02. The molecule has 84 valence electrons. The van der Waals surface area contributed by atoms with E-state index in [-0.39, 0.29) is 0 Å². The van der Waals surface area contributed by atoms with Gasteiger partial charge < -0.3 is 10.2 Å². The molecule has 0 heterocycles. The van der Waals surface area contributed by atoms with Crippen molar-refractivity contribution in [2.45, 2.75) is 51.6 Å². The Bertz CT molecular complexity index is 156. The van der Waals surface area contributed by atoms with Crippen LogP contribution in [0, 0.1) is 5.92 Å². The molecule has 1 fully saturated rings. The Morgan fingerprint density at radius 3 is 2.64 bits per heavy atom. The summed E-state index contributed by atoms with van der Waals surface area (Å²) < 4.78 is 0. The van der Waals surface area contributed by atoms with Crippen molar-refractivity contribution in [1.29, 1.82) is 0 Å². The van der Waals surface area contributed by atoms with Gasteiger partial charge in [0.2, 0.25) is 0 Å². The number of nitrogens with zero attached hydrogens (tertiary/aromatic N) is 1. The summed E-state index contributed by atoms with van der Waals surface area (Å²) in [5.74, 6) is 0.918. The van der Waals surface area contributed by atoms with Crippen molar-refractivity contribution in [1.82, 2.24) is 10.2 Å². The quantitative estimate of drug-likeness (QED) is 0.728. The molecule has 0 aliphatic heterocycles. The van der Waals surface area contributed by atoms with Gasteiger partial charge in [0.1, 0.15) is 0 Å². The first-order chi connectivity index (χ1) is 6.65. The second-order valence-electron chi connectivity index (χ2n) is 4.95. The average Bonchev–Trinajstić information content (AvgIpc) is 2.60. The van der Waals surface area contributed by atoms with Gasteiger partial charge in [-0.05, 0) is 59.7 Å². The summed E-state index contributed by atoms with van der Waals surface area (Å²) in [6.45, 7) is 5.79. The molecule has 0 spiro atoms. The normalized spacial score (nSPS) is 27.9. The number of nitrogens with one attached hydrogen (secondary N) is 1. The molecule has 1 rings (SSSR count). The molecule has 0 aromatic carbocycles. The Kier molecular flexibility index (Phi) is 4.90. The van der Waals surface area contributed by atoms with Gasteiger partial charge in [-0.3, -0.25) is 0 Å². The fraction of sp³-hybridized carbons (Fsp3) is 1.00. The van der Waals surface area contributed by atoms with Crippen LogP contribution in [0.1, 0.15) is 39.5 Å². The van der Waals surface area contributed by atoms with Crippen LogP contribution in [0.25, 0.3) is 0 Å². The lowest BCUT2D eigenvalue weighted by atomic mass is 9.99. The summed E-state index contributed by atoms with van der Waals surface area (Å²) >= 11 is 0. The standard InChI is InChI=1S/C12H26N2/c1-10(2)14(4)9-8-11-6-5-7-12(11)13-3/h10-13H,5-9H2,1-4H3. The summed E-state index contributed by atoms with van der Waals surface area (Å²) in [4.78, 5) is 2.45. The molecule has 0 aromatic rings. The van der Waals surface area contributed by atoms with E-state index in [9.17, 15) is 0 Å². The highest BCUT2D eigenvalue weighted by molar-refractivity contribution is 4.82. The SMILES string of the molecule is CNC1CCCC1CCN(C)C(C)C. The van der Waals surface area contributed by atoms with Crippen LogP contribution < -0.4 is 5.32 Å². The molecule has 0 aromatic heterocycles. The lowest BCUT2D eigenvalue weighted by Crippen LogP contribution is -2.33. The molecule has 0 radical (unpaired) electrons. The Hall–Kier alpha value is -0.0800. The number of hydrogen-bond donors (Lipinski definition) is 1. The van der Waals surface area contributed by atoms with Crippen LogP contribution in [0.4, 0.5) is 0 Å². The molecule has 1 aliphatic carbocycles. The summed E-state index contributed by atoms with van der Waals surface area (Å²) in [5.41, 5.74) is 0. The van der Waals surface area contributed by atoms with Gasteiger partial charge in [-0.1, -0.05) is 6.42 Å². The molecule has 0 bridgehead atoms. The van der Waals surface area contributed by atoms with Crippen LogP contribution >= 0.6 is 0 Å². The average molecular weight is 198 g/mol. The van der Waals surface area contributed by atoms with Crippen LogP contribution in [0.5, 0.6) is 0 Å². The van der Waals surface area contributed by atoms with E-state index < -0.39 is 0 Å². The van der Waals surface area contributed by atoms with Gasteiger partial charge in [-0.15, -0.1) is 0 Å². The Labute approximate surface area is 89.1 Å². The van der Waals surface area contributed by atoms with Crippen LogP contribution in [0.3, 0.4) is 0 Å². The zero-order chi connectivity index (χ0) is 10.6.